The Hall–Kier alpha value is -1.07. The molecule has 5 heteroatoms. The molecule has 2 atom stereocenters. The number of fused-ring (bicyclic) bond motifs is 1. The number of aromatic hydroxyl groups is 1. The molecule has 0 amide bonds. The smallest absolute Gasteiger partial charge is 0.153 e. The highest BCUT2D eigenvalue weighted by Crippen LogP contribution is 2.39. The number of phenolic OH excluding ortho intramolecular Hbond substituents is 1. The van der Waals surface area contributed by atoms with E-state index in [-0.39, 0.29) is 23.6 Å². The number of hydrogen-bond acceptors (Lipinski definition) is 4. The Kier molecular flexibility index (Phi) is 3.50. The van der Waals surface area contributed by atoms with E-state index in [0.717, 1.165) is 24.8 Å². The molecule has 1 heterocycles. The summed E-state index contributed by atoms with van der Waals surface area (Å²) < 4.78 is 23.4. The molecule has 20 heavy (non-hydrogen) atoms. The molecular weight excluding hydrogens is 274 g/mol. The Morgan fingerprint density at radius 3 is 2.90 bits per heavy atom. The van der Waals surface area contributed by atoms with Crippen LogP contribution in [-0.4, -0.2) is 42.5 Å². The predicted octanol–water partition coefficient (Wildman–Crippen LogP) is 1.89. The Morgan fingerprint density at radius 1 is 1.35 bits per heavy atom. The first-order valence-electron chi connectivity index (χ1n) is 7.25. The zero-order valence-electron chi connectivity index (χ0n) is 11.7. The van der Waals surface area contributed by atoms with Gasteiger partial charge in [0.1, 0.15) is 5.75 Å². The second-order valence-electron chi connectivity index (χ2n) is 5.95. The van der Waals surface area contributed by atoms with E-state index in [1.54, 1.807) is 6.07 Å². The fourth-order valence-corrected chi connectivity index (χ4v) is 5.21. The summed E-state index contributed by atoms with van der Waals surface area (Å²) in [5.41, 5.74) is 2.23. The van der Waals surface area contributed by atoms with E-state index >= 15 is 0 Å². The van der Waals surface area contributed by atoms with Gasteiger partial charge in [-0.1, -0.05) is 12.1 Å². The maximum atomic E-state index is 11.7. The average molecular weight is 295 g/mol. The van der Waals surface area contributed by atoms with Crippen molar-refractivity contribution in [3.63, 3.8) is 0 Å². The molecule has 0 radical (unpaired) electrons. The van der Waals surface area contributed by atoms with Crippen LogP contribution in [0.25, 0.3) is 0 Å². The van der Waals surface area contributed by atoms with Gasteiger partial charge in [-0.2, -0.15) is 0 Å². The molecule has 4 nitrogen and oxygen atoms in total. The molecule has 1 aliphatic carbocycles. The Morgan fingerprint density at radius 2 is 2.15 bits per heavy atom. The van der Waals surface area contributed by atoms with Gasteiger partial charge in [0.05, 0.1) is 11.5 Å². The van der Waals surface area contributed by atoms with Crippen LogP contribution in [0.1, 0.15) is 36.9 Å². The molecule has 1 saturated heterocycles. The first kappa shape index (κ1) is 13.9. The van der Waals surface area contributed by atoms with Gasteiger partial charge in [0, 0.05) is 18.6 Å². The average Bonchev–Trinajstić information content (AvgIpc) is 2.38. The van der Waals surface area contributed by atoms with Crippen LogP contribution in [0, 0.1) is 0 Å². The molecule has 1 N–H and O–H groups in total. The summed E-state index contributed by atoms with van der Waals surface area (Å²) in [6.07, 6.45) is 3.01. The summed E-state index contributed by atoms with van der Waals surface area (Å²) in [4.78, 5) is 2.30. The van der Waals surface area contributed by atoms with Crippen molar-refractivity contribution in [3.8, 4) is 5.75 Å². The van der Waals surface area contributed by atoms with Gasteiger partial charge < -0.3 is 5.11 Å². The fraction of sp³-hybridized carbons (Fsp3) is 0.600. The maximum absolute atomic E-state index is 11.7. The Labute approximate surface area is 120 Å². The number of nitrogens with zero attached hydrogens (tertiary/aromatic N) is 1. The molecule has 1 aromatic carbocycles. The lowest BCUT2D eigenvalue weighted by Crippen LogP contribution is -2.49. The van der Waals surface area contributed by atoms with E-state index < -0.39 is 9.84 Å². The van der Waals surface area contributed by atoms with Gasteiger partial charge in [0.15, 0.2) is 9.84 Å². The monoisotopic (exact) mass is 295 g/mol. The number of rotatable bonds is 1. The molecule has 0 saturated carbocycles. The van der Waals surface area contributed by atoms with Gasteiger partial charge in [-0.3, -0.25) is 4.90 Å². The van der Waals surface area contributed by atoms with E-state index in [4.69, 9.17) is 0 Å². The van der Waals surface area contributed by atoms with Crippen molar-refractivity contribution in [2.75, 3.05) is 18.1 Å². The largest absolute Gasteiger partial charge is 0.508 e. The van der Waals surface area contributed by atoms with Gasteiger partial charge >= 0.3 is 0 Å². The molecule has 0 spiro atoms. The van der Waals surface area contributed by atoms with Crippen molar-refractivity contribution < 1.29 is 13.5 Å². The van der Waals surface area contributed by atoms with Crippen LogP contribution in [-0.2, 0) is 16.3 Å². The predicted molar refractivity (Wildman–Crippen MR) is 78.6 cm³/mol. The highest BCUT2D eigenvalue weighted by Gasteiger charge is 2.35. The van der Waals surface area contributed by atoms with Crippen molar-refractivity contribution in [1.29, 1.82) is 0 Å². The third-order valence-corrected chi connectivity index (χ3v) is 6.37. The summed E-state index contributed by atoms with van der Waals surface area (Å²) in [7, 11) is -2.88. The van der Waals surface area contributed by atoms with Crippen molar-refractivity contribution in [2.24, 2.45) is 0 Å². The van der Waals surface area contributed by atoms with Crippen LogP contribution in [0.2, 0.25) is 0 Å². The molecule has 0 bridgehead atoms. The van der Waals surface area contributed by atoms with Crippen molar-refractivity contribution in [3.05, 3.63) is 29.3 Å². The topological polar surface area (TPSA) is 57.6 Å². The van der Waals surface area contributed by atoms with Crippen LogP contribution in [0.4, 0.5) is 0 Å². The number of phenols is 1. The van der Waals surface area contributed by atoms with Crippen LogP contribution in [0.3, 0.4) is 0 Å². The molecule has 1 aliphatic heterocycles. The van der Waals surface area contributed by atoms with Gasteiger partial charge in [0.25, 0.3) is 0 Å². The molecule has 110 valence electrons. The number of benzene rings is 1. The molecule has 1 fully saturated rings. The minimum absolute atomic E-state index is 0.0482. The van der Waals surface area contributed by atoms with Gasteiger partial charge in [0.2, 0.25) is 0 Å². The number of sulfone groups is 1. The number of hydrogen-bond donors (Lipinski definition) is 1. The quantitative estimate of drug-likeness (QED) is 0.859. The normalized spacial score (nSPS) is 29.9. The summed E-state index contributed by atoms with van der Waals surface area (Å²) in [6.45, 7) is 2.59. The minimum Gasteiger partial charge on any atom is -0.508 e. The lowest BCUT2D eigenvalue weighted by atomic mass is 9.85. The summed E-state index contributed by atoms with van der Waals surface area (Å²) in [5.74, 6) is 0.879. The molecule has 1 aromatic rings. The lowest BCUT2D eigenvalue weighted by molar-refractivity contribution is 0.142. The van der Waals surface area contributed by atoms with E-state index in [0.29, 0.717) is 12.3 Å². The summed E-state index contributed by atoms with van der Waals surface area (Å²) in [5, 5.41) is 10.0. The maximum Gasteiger partial charge on any atom is 0.153 e. The first-order chi connectivity index (χ1) is 9.48. The zero-order valence-corrected chi connectivity index (χ0v) is 12.6. The van der Waals surface area contributed by atoms with Crippen molar-refractivity contribution >= 4 is 9.84 Å². The molecule has 2 unspecified atom stereocenters. The SMILES string of the molecule is CC1CS(=O)(=O)CCN1C1CCCc2c(O)cccc21. The third-order valence-electron chi connectivity index (χ3n) is 4.57. The second kappa shape index (κ2) is 5.04. The van der Waals surface area contributed by atoms with Crippen LogP contribution in [0.15, 0.2) is 18.2 Å². The van der Waals surface area contributed by atoms with Gasteiger partial charge in [-0.05, 0) is 43.4 Å². The van der Waals surface area contributed by atoms with E-state index in [1.807, 2.05) is 13.0 Å². The standard InChI is InChI=1S/C15H21NO3S/c1-11-10-20(18,19)9-8-16(11)14-6-2-5-13-12(14)4-3-7-15(13)17/h3-4,7,11,14,17H,2,5-6,8-10H2,1H3. The molecule has 2 aliphatic rings. The van der Waals surface area contributed by atoms with E-state index in [2.05, 4.69) is 11.0 Å². The summed E-state index contributed by atoms with van der Waals surface area (Å²) in [6, 6.07) is 6.00. The van der Waals surface area contributed by atoms with Crippen molar-refractivity contribution in [1.82, 2.24) is 4.90 Å². The minimum atomic E-state index is -2.88. The van der Waals surface area contributed by atoms with E-state index in [1.165, 1.54) is 5.56 Å². The van der Waals surface area contributed by atoms with Crippen LogP contribution < -0.4 is 0 Å². The van der Waals surface area contributed by atoms with Crippen LogP contribution >= 0.6 is 0 Å². The first-order valence-corrected chi connectivity index (χ1v) is 9.07. The summed E-state index contributed by atoms with van der Waals surface area (Å²) >= 11 is 0. The van der Waals surface area contributed by atoms with Crippen molar-refractivity contribution in [2.45, 2.75) is 38.3 Å². The molecular formula is C15H21NO3S. The lowest BCUT2D eigenvalue weighted by Gasteiger charge is -2.42. The van der Waals surface area contributed by atoms with Gasteiger partial charge in [-0.15, -0.1) is 0 Å². The second-order valence-corrected chi connectivity index (χ2v) is 8.18. The van der Waals surface area contributed by atoms with E-state index in [9.17, 15) is 13.5 Å². The third kappa shape index (κ3) is 2.44. The van der Waals surface area contributed by atoms with Gasteiger partial charge in [-0.25, -0.2) is 8.42 Å². The van der Waals surface area contributed by atoms with Crippen LogP contribution in [0.5, 0.6) is 5.75 Å². The Bertz CT molecular complexity index is 612. The Balaban J connectivity index is 1.92. The highest BCUT2D eigenvalue weighted by molar-refractivity contribution is 7.91. The molecule has 3 rings (SSSR count). The zero-order chi connectivity index (χ0) is 14.3. The highest BCUT2D eigenvalue weighted by atomic mass is 32.2. The molecule has 0 aromatic heterocycles. The fourth-order valence-electron chi connectivity index (χ4n) is 3.62.